The third-order valence-corrected chi connectivity index (χ3v) is 6.43. The second-order valence-electron chi connectivity index (χ2n) is 8.30. The fourth-order valence-corrected chi connectivity index (χ4v) is 4.87. The monoisotopic (exact) mass is 375 g/mol. The molecule has 3 aliphatic heterocycles. The lowest BCUT2D eigenvalue weighted by atomic mass is 9.92. The summed E-state index contributed by atoms with van der Waals surface area (Å²) in [7, 11) is 2.14. The van der Waals surface area contributed by atoms with E-state index in [9.17, 15) is 9.59 Å². The summed E-state index contributed by atoms with van der Waals surface area (Å²) in [6.45, 7) is 3.30. The molecule has 144 valence electrons. The zero-order valence-corrected chi connectivity index (χ0v) is 16.1. The van der Waals surface area contributed by atoms with Gasteiger partial charge in [-0.15, -0.1) is 0 Å². The van der Waals surface area contributed by atoms with Crippen molar-refractivity contribution in [2.45, 2.75) is 18.9 Å². The average Bonchev–Trinajstić information content (AvgIpc) is 3.24. The first-order valence-electron chi connectivity index (χ1n) is 10.1. The molecule has 2 amide bonds. The first-order chi connectivity index (χ1) is 13.6. The number of fused-ring (bicyclic) bond motifs is 2. The molecule has 2 atom stereocenters. The second-order valence-corrected chi connectivity index (χ2v) is 8.30. The first-order valence-corrected chi connectivity index (χ1v) is 10.1. The number of likely N-dealkylation sites (tertiary alicyclic amines) is 1. The summed E-state index contributed by atoms with van der Waals surface area (Å²) in [5, 5.41) is 5.17. The van der Waals surface area contributed by atoms with E-state index in [1.807, 2.05) is 17.0 Å². The van der Waals surface area contributed by atoms with Gasteiger partial charge in [-0.1, -0.05) is 36.4 Å². The molecule has 0 saturated carbocycles. The lowest BCUT2D eigenvalue weighted by Gasteiger charge is -2.23. The van der Waals surface area contributed by atoms with Crippen molar-refractivity contribution < 1.29 is 9.59 Å². The standard InChI is InChI=1S/C23H25N3O2/c1-25-10-8-15(9-11-25)17-4-2-6-19-18(17)5-3-7-20(19)23(28)26-13-16-12-22(27)24-21(16)14-26/h2-8,16,21H,9-14H2,1H3,(H,24,27)/t16-,21+/m0/s1. The van der Waals surface area contributed by atoms with Gasteiger partial charge in [0.25, 0.3) is 5.91 Å². The highest BCUT2D eigenvalue weighted by Gasteiger charge is 2.41. The Kier molecular flexibility index (Phi) is 4.20. The maximum atomic E-state index is 13.3. The number of carbonyl (C=O) groups excluding carboxylic acids is 2. The van der Waals surface area contributed by atoms with E-state index >= 15 is 0 Å². The number of nitrogens with zero attached hydrogens (tertiary/aromatic N) is 2. The summed E-state index contributed by atoms with van der Waals surface area (Å²) in [4.78, 5) is 29.1. The molecule has 0 unspecified atom stereocenters. The fourth-order valence-electron chi connectivity index (χ4n) is 4.87. The van der Waals surface area contributed by atoms with Crippen molar-refractivity contribution in [1.29, 1.82) is 0 Å². The van der Waals surface area contributed by atoms with E-state index in [0.717, 1.165) is 35.8 Å². The van der Waals surface area contributed by atoms with Gasteiger partial charge in [-0.3, -0.25) is 9.59 Å². The smallest absolute Gasteiger partial charge is 0.254 e. The van der Waals surface area contributed by atoms with Gasteiger partial charge in [0.1, 0.15) is 0 Å². The summed E-state index contributed by atoms with van der Waals surface area (Å²) in [6.07, 6.45) is 3.87. The molecule has 0 bridgehead atoms. The molecule has 2 aromatic carbocycles. The van der Waals surface area contributed by atoms with E-state index < -0.39 is 0 Å². The highest BCUT2D eigenvalue weighted by atomic mass is 16.2. The highest BCUT2D eigenvalue weighted by molar-refractivity contribution is 6.09. The molecule has 0 spiro atoms. The van der Waals surface area contributed by atoms with Crippen LogP contribution in [0.3, 0.4) is 0 Å². The molecule has 28 heavy (non-hydrogen) atoms. The molecular formula is C23H25N3O2. The Morgan fingerprint density at radius 1 is 1.11 bits per heavy atom. The van der Waals surface area contributed by atoms with E-state index in [2.05, 4.69) is 47.6 Å². The van der Waals surface area contributed by atoms with Crippen LogP contribution in [0.1, 0.15) is 28.8 Å². The Labute approximate surface area is 165 Å². The number of hydrogen-bond acceptors (Lipinski definition) is 3. The van der Waals surface area contributed by atoms with E-state index in [0.29, 0.717) is 19.5 Å². The van der Waals surface area contributed by atoms with Gasteiger partial charge < -0.3 is 15.1 Å². The van der Waals surface area contributed by atoms with Gasteiger partial charge in [0.15, 0.2) is 0 Å². The van der Waals surface area contributed by atoms with Crippen molar-refractivity contribution in [2.75, 3.05) is 33.2 Å². The van der Waals surface area contributed by atoms with Gasteiger partial charge in [0, 0.05) is 44.1 Å². The molecule has 5 heteroatoms. The van der Waals surface area contributed by atoms with Crippen LogP contribution in [-0.4, -0.2) is 60.9 Å². The van der Waals surface area contributed by atoms with Crippen LogP contribution in [0.5, 0.6) is 0 Å². The second kappa shape index (κ2) is 6.74. The van der Waals surface area contributed by atoms with Crippen molar-refractivity contribution in [3.8, 4) is 0 Å². The van der Waals surface area contributed by atoms with Crippen LogP contribution < -0.4 is 5.32 Å². The number of hydrogen-bond donors (Lipinski definition) is 1. The van der Waals surface area contributed by atoms with Gasteiger partial charge >= 0.3 is 0 Å². The van der Waals surface area contributed by atoms with E-state index in [1.165, 1.54) is 11.1 Å². The maximum absolute atomic E-state index is 13.3. The largest absolute Gasteiger partial charge is 0.351 e. The molecule has 2 fully saturated rings. The van der Waals surface area contributed by atoms with Crippen LogP contribution in [0.4, 0.5) is 0 Å². The molecule has 2 aromatic rings. The van der Waals surface area contributed by atoms with Gasteiger partial charge in [0.05, 0.1) is 6.04 Å². The Hall–Kier alpha value is -2.66. The molecule has 0 aromatic heterocycles. The zero-order chi connectivity index (χ0) is 19.3. The fraction of sp³-hybridized carbons (Fsp3) is 0.391. The normalized spacial score (nSPS) is 25.0. The lowest BCUT2D eigenvalue weighted by Crippen LogP contribution is -2.35. The molecule has 1 N–H and O–H groups in total. The third kappa shape index (κ3) is 2.90. The Bertz CT molecular complexity index is 981. The van der Waals surface area contributed by atoms with Crippen molar-refractivity contribution in [2.24, 2.45) is 5.92 Å². The predicted octanol–water partition coefficient (Wildman–Crippen LogP) is 2.52. The molecule has 5 nitrogen and oxygen atoms in total. The first kappa shape index (κ1) is 17.4. The SMILES string of the molecule is CN1CC=C(c2cccc3c(C(=O)N4C[C@@H]5CC(=O)N[C@@H]5C4)cccc23)CC1. The number of nitrogens with one attached hydrogen (secondary N) is 1. The molecule has 3 heterocycles. The highest BCUT2D eigenvalue weighted by Crippen LogP contribution is 2.32. The van der Waals surface area contributed by atoms with Gasteiger partial charge in [-0.25, -0.2) is 0 Å². The quantitative estimate of drug-likeness (QED) is 0.878. The number of carbonyl (C=O) groups is 2. The molecular weight excluding hydrogens is 350 g/mol. The summed E-state index contributed by atoms with van der Waals surface area (Å²) in [6, 6.07) is 12.5. The van der Waals surface area contributed by atoms with Crippen LogP contribution in [0.15, 0.2) is 42.5 Å². The van der Waals surface area contributed by atoms with Crippen LogP contribution in [-0.2, 0) is 4.79 Å². The van der Waals surface area contributed by atoms with Crippen LogP contribution in [0.2, 0.25) is 0 Å². The molecule has 5 rings (SSSR count). The minimum atomic E-state index is 0.0729. The Balaban J connectivity index is 1.48. The lowest BCUT2D eigenvalue weighted by molar-refractivity contribution is -0.119. The average molecular weight is 375 g/mol. The predicted molar refractivity (Wildman–Crippen MR) is 110 cm³/mol. The number of likely N-dealkylation sites (N-methyl/N-ethyl adjacent to an activating group) is 1. The minimum Gasteiger partial charge on any atom is -0.351 e. The third-order valence-electron chi connectivity index (χ3n) is 6.43. The summed E-state index contributed by atoms with van der Waals surface area (Å²) >= 11 is 0. The Morgan fingerprint density at radius 3 is 2.71 bits per heavy atom. The van der Waals surface area contributed by atoms with Crippen LogP contribution >= 0.6 is 0 Å². The van der Waals surface area contributed by atoms with E-state index in [1.54, 1.807) is 0 Å². The van der Waals surface area contributed by atoms with E-state index in [-0.39, 0.29) is 23.8 Å². The van der Waals surface area contributed by atoms with Gasteiger partial charge in [0.2, 0.25) is 5.91 Å². The van der Waals surface area contributed by atoms with E-state index in [4.69, 9.17) is 0 Å². The van der Waals surface area contributed by atoms with Crippen molar-refractivity contribution in [3.05, 3.63) is 53.6 Å². The molecule has 2 saturated heterocycles. The number of benzene rings is 2. The number of amides is 2. The number of rotatable bonds is 2. The van der Waals surface area contributed by atoms with Gasteiger partial charge in [-0.05, 0) is 41.4 Å². The van der Waals surface area contributed by atoms with Crippen molar-refractivity contribution in [3.63, 3.8) is 0 Å². The molecule has 3 aliphatic rings. The summed E-state index contributed by atoms with van der Waals surface area (Å²) in [5.74, 6) is 0.443. The van der Waals surface area contributed by atoms with Crippen molar-refractivity contribution in [1.82, 2.24) is 15.1 Å². The summed E-state index contributed by atoms with van der Waals surface area (Å²) in [5.41, 5.74) is 3.37. The minimum absolute atomic E-state index is 0.0729. The van der Waals surface area contributed by atoms with Crippen LogP contribution in [0.25, 0.3) is 16.3 Å². The van der Waals surface area contributed by atoms with Crippen molar-refractivity contribution >= 4 is 28.2 Å². The molecule has 0 radical (unpaired) electrons. The van der Waals surface area contributed by atoms with Crippen LogP contribution in [0, 0.1) is 5.92 Å². The Morgan fingerprint density at radius 2 is 1.93 bits per heavy atom. The summed E-state index contributed by atoms with van der Waals surface area (Å²) < 4.78 is 0. The molecule has 0 aliphatic carbocycles. The topological polar surface area (TPSA) is 52.7 Å². The van der Waals surface area contributed by atoms with Gasteiger partial charge in [-0.2, -0.15) is 0 Å². The zero-order valence-electron chi connectivity index (χ0n) is 16.1. The maximum Gasteiger partial charge on any atom is 0.254 e.